The van der Waals surface area contributed by atoms with Gasteiger partial charge in [-0.05, 0) is 30.2 Å². The third-order valence-corrected chi connectivity index (χ3v) is 3.01. The molecular formula is C15H14ClFN2O. The van der Waals surface area contributed by atoms with E-state index in [2.05, 4.69) is 10.6 Å². The van der Waals surface area contributed by atoms with Gasteiger partial charge in [0, 0.05) is 12.2 Å². The van der Waals surface area contributed by atoms with Crippen molar-refractivity contribution in [1.29, 1.82) is 0 Å². The molecule has 5 heteroatoms. The third-order valence-electron chi connectivity index (χ3n) is 2.72. The maximum absolute atomic E-state index is 13.0. The number of hydrogen-bond acceptors (Lipinski definition) is 1. The summed E-state index contributed by atoms with van der Waals surface area (Å²) in [5, 5.41) is 5.30. The highest BCUT2D eigenvalue weighted by Gasteiger charge is 2.04. The van der Waals surface area contributed by atoms with Gasteiger partial charge in [-0.2, -0.15) is 0 Å². The number of carbonyl (C=O) groups excluding carboxylic acids is 1. The molecule has 0 unspecified atom stereocenters. The molecule has 2 rings (SSSR count). The summed E-state index contributed by atoms with van der Waals surface area (Å²) in [6, 6.07) is 13.5. The number of carbonyl (C=O) groups is 1. The molecule has 0 atom stereocenters. The van der Waals surface area contributed by atoms with Crippen LogP contribution in [-0.4, -0.2) is 12.6 Å². The second-order valence-corrected chi connectivity index (χ2v) is 4.65. The molecule has 0 spiro atoms. The van der Waals surface area contributed by atoms with E-state index in [1.807, 2.05) is 30.3 Å². The summed E-state index contributed by atoms with van der Waals surface area (Å²) in [5.41, 5.74) is 1.60. The quantitative estimate of drug-likeness (QED) is 0.883. The van der Waals surface area contributed by atoms with Gasteiger partial charge in [-0.1, -0.05) is 41.9 Å². The molecule has 20 heavy (non-hydrogen) atoms. The average Bonchev–Trinajstić information content (AvgIpc) is 2.44. The van der Waals surface area contributed by atoms with Gasteiger partial charge in [0.15, 0.2) is 0 Å². The molecular weight excluding hydrogens is 279 g/mol. The Morgan fingerprint density at radius 2 is 1.90 bits per heavy atom. The van der Waals surface area contributed by atoms with Crippen molar-refractivity contribution >= 4 is 23.3 Å². The van der Waals surface area contributed by atoms with E-state index < -0.39 is 5.82 Å². The van der Waals surface area contributed by atoms with Gasteiger partial charge in [0.25, 0.3) is 0 Å². The monoisotopic (exact) mass is 292 g/mol. The largest absolute Gasteiger partial charge is 0.338 e. The standard InChI is InChI=1S/C15H14ClFN2O/c16-13-10-12(6-7-14(13)17)19-15(20)18-9-8-11-4-2-1-3-5-11/h1-7,10H,8-9H2,(H2,18,19,20). The van der Waals surface area contributed by atoms with Gasteiger partial charge < -0.3 is 10.6 Å². The third kappa shape index (κ3) is 4.24. The van der Waals surface area contributed by atoms with Crippen molar-refractivity contribution in [3.63, 3.8) is 0 Å². The highest BCUT2D eigenvalue weighted by Crippen LogP contribution is 2.19. The second-order valence-electron chi connectivity index (χ2n) is 4.25. The van der Waals surface area contributed by atoms with Crippen LogP contribution in [0.15, 0.2) is 48.5 Å². The summed E-state index contributed by atoms with van der Waals surface area (Å²) in [4.78, 5) is 11.6. The van der Waals surface area contributed by atoms with Gasteiger partial charge in [0.05, 0.1) is 5.02 Å². The Balaban J connectivity index is 1.79. The molecule has 0 bridgehead atoms. The number of amides is 2. The molecule has 0 aliphatic carbocycles. The van der Waals surface area contributed by atoms with Crippen molar-refractivity contribution in [3.8, 4) is 0 Å². The molecule has 3 nitrogen and oxygen atoms in total. The fourth-order valence-corrected chi connectivity index (χ4v) is 1.89. The summed E-state index contributed by atoms with van der Waals surface area (Å²) in [5.74, 6) is -0.512. The van der Waals surface area contributed by atoms with Crippen LogP contribution in [0.4, 0.5) is 14.9 Å². The van der Waals surface area contributed by atoms with Gasteiger partial charge in [-0.15, -0.1) is 0 Å². The minimum Gasteiger partial charge on any atom is -0.338 e. The fraction of sp³-hybridized carbons (Fsp3) is 0.133. The van der Waals surface area contributed by atoms with E-state index in [-0.39, 0.29) is 11.1 Å². The number of urea groups is 1. The maximum atomic E-state index is 13.0. The highest BCUT2D eigenvalue weighted by atomic mass is 35.5. The minimum absolute atomic E-state index is 0.0212. The van der Waals surface area contributed by atoms with Crippen LogP contribution in [-0.2, 0) is 6.42 Å². The van der Waals surface area contributed by atoms with Crippen molar-refractivity contribution in [2.75, 3.05) is 11.9 Å². The lowest BCUT2D eigenvalue weighted by atomic mass is 10.1. The van der Waals surface area contributed by atoms with Crippen LogP contribution in [0.2, 0.25) is 5.02 Å². The summed E-state index contributed by atoms with van der Waals surface area (Å²) in [6.07, 6.45) is 0.748. The Bertz CT molecular complexity index is 590. The molecule has 0 aromatic heterocycles. The number of hydrogen-bond donors (Lipinski definition) is 2. The number of nitrogens with one attached hydrogen (secondary N) is 2. The van der Waals surface area contributed by atoms with Gasteiger partial charge in [-0.25, -0.2) is 9.18 Å². The number of rotatable bonds is 4. The maximum Gasteiger partial charge on any atom is 0.319 e. The van der Waals surface area contributed by atoms with Crippen LogP contribution in [0, 0.1) is 5.82 Å². The summed E-state index contributed by atoms with van der Waals surface area (Å²) >= 11 is 5.63. The zero-order chi connectivity index (χ0) is 14.4. The van der Waals surface area contributed by atoms with Crippen LogP contribution in [0.1, 0.15) is 5.56 Å². The smallest absolute Gasteiger partial charge is 0.319 e. The second kappa shape index (κ2) is 6.91. The Kier molecular flexibility index (Phi) is 4.96. The number of halogens is 2. The molecule has 2 aromatic rings. The van der Waals surface area contributed by atoms with Crippen LogP contribution < -0.4 is 10.6 Å². The molecule has 2 aromatic carbocycles. The zero-order valence-electron chi connectivity index (χ0n) is 10.7. The van der Waals surface area contributed by atoms with Crippen molar-refractivity contribution in [1.82, 2.24) is 5.32 Å². The van der Waals surface area contributed by atoms with Crippen molar-refractivity contribution < 1.29 is 9.18 Å². The fourth-order valence-electron chi connectivity index (χ4n) is 1.71. The molecule has 2 N–H and O–H groups in total. The van der Waals surface area contributed by atoms with Gasteiger partial charge in [0.1, 0.15) is 5.82 Å². The molecule has 0 heterocycles. The number of benzene rings is 2. The Morgan fingerprint density at radius 3 is 2.60 bits per heavy atom. The van der Waals surface area contributed by atoms with E-state index >= 15 is 0 Å². The first-order valence-electron chi connectivity index (χ1n) is 6.19. The first-order chi connectivity index (χ1) is 9.65. The topological polar surface area (TPSA) is 41.1 Å². The molecule has 0 aliphatic heterocycles. The predicted molar refractivity (Wildman–Crippen MR) is 78.6 cm³/mol. The summed E-state index contributed by atoms with van der Waals surface area (Å²) < 4.78 is 13.0. The molecule has 0 fully saturated rings. The Labute approximate surface area is 121 Å². The minimum atomic E-state index is -0.512. The van der Waals surface area contributed by atoms with E-state index in [0.29, 0.717) is 12.2 Å². The Hall–Kier alpha value is -2.07. The molecule has 104 valence electrons. The van der Waals surface area contributed by atoms with Crippen LogP contribution in [0.25, 0.3) is 0 Å². The van der Waals surface area contributed by atoms with Crippen molar-refractivity contribution in [2.24, 2.45) is 0 Å². The average molecular weight is 293 g/mol. The molecule has 0 saturated carbocycles. The zero-order valence-corrected chi connectivity index (χ0v) is 11.5. The van der Waals surface area contributed by atoms with Crippen LogP contribution >= 0.6 is 11.6 Å². The lowest BCUT2D eigenvalue weighted by Crippen LogP contribution is -2.30. The summed E-state index contributed by atoms with van der Waals surface area (Å²) in [6.45, 7) is 0.519. The normalized spacial score (nSPS) is 10.1. The summed E-state index contributed by atoms with van der Waals surface area (Å²) in [7, 11) is 0. The van der Waals surface area contributed by atoms with Gasteiger partial charge in [-0.3, -0.25) is 0 Å². The SMILES string of the molecule is O=C(NCCc1ccccc1)Nc1ccc(F)c(Cl)c1. The Morgan fingerprint density at radius 1 is 1.15 bits per heavy atom. The number of anilines is 1. The van der Waals surface area contributed by atoms with E-state index in [4.69, 9.17) is 11.6 Å². The molecule has 0 saturated heterocycles. The van der Waals surface area contributed by atoms with E-state index in [1.54, 1.807) is 0 Å². The van der Waals surface area contributed by atoms with Crippen LogP contribution in [0.3, 0.4) is 0 Å². The van der Waals surface area contributed by atoms with Gasteiger partial charge >= 0.3 is 6.03 Å². The molecule has 0 radical (unpaired) electrons. The van der Waals surface area contributed by atoms with Crippen LogP contribution in [0.5, 0.6) is 0 Å². The molecule has 2 amide bonds. The first-order valence-corrected chi connectivity index (χ1v) is 6.57. The van der Waals surface area contributed by atoms with E-state index in [9.17, 15) is 9.18 Å². The van der Waals surface area contributed by atoms with Crippen molar-refractivity contribution in [3.05, 3.63) is 64.9 Å². The first kappa shape index (κ1) is 14.3. The highest BCUT2D eigenvalue weighted by molar-refractivity contribution is 6.31. The van der Waals surface area contributed by atoms with Gasteiger partial charge in [0.2, 0.25) is 0 Å². The lowest BCUT2D eigenvalue weighted by molar-refractivity contribution is 0.252. The lowest BCUT2D eigenvalue weighted by Gasteiger charge is -2.08. The van der Waals surface area contributed by atoms with E-state index in [0.717, 1.165) is 12.0 Å². The predicted octanol–water partition coefficient (Wildman–Crippen LogP) is 3.84. The molecule has 0 aliphatic rings. The van der Waals surface area contributed by atoms with E-state index in [1.165, 1.54) is 18.2 Å². The van der Waals surface area contributed by atoms with Crippen molar-refractivity contribution in [2.45, 2.75) is 6.42 Å².